The predicted molar refractivity (Wildman–Crippen MR) is 81.7 cm³/mol. The number of carboxylic acid groups (broad SMARTS) is 1. The molecule has 2 aromatic rings. The lowest BCUT2D eigenvalue weighted by Crippen LogP contribution is -2.41. The lowest BCUT2D eigenvalue weighted by molar-refractivity contribution is -0.139. The molecular formula is C15H20N4O3. The Labute approximate surface area is 128 Å². The molecule has 0 bridgehead atoms. The van der Waals surface area contributed by atoms with Crippen LogP contribution in [0.5, 0.6) is 0 Å². The number of aromatic nitrogens is 3. The Bertz CT molecular complexity index is 721. The van der Waals surface area contributed by atoms with Crippen molar-refractivity contribution in [3.8, 4) is 0 Å². The van der Waals surface area contributed by atoms with Gasteiger partial charge in [0.25, 0.3) is 5.91 Å². The topological polar surface area (TPSA) is 108 Å². The molecule has 0 saturated carbocycles. The Morgan fingerprint density at radius 1 is 1.36 bits per heavy atom. The van der Waals surface area contributed by atoms with Crippen LogP contribution in [0.1, 0.15) is 42.0 Å². The first-order valence-corrected chi connectivity index (χ1v) is 7.15. The first-order valence-electron chi connectivity index (χ1n) is 7.15. The predicted octanol–water partition coefficient (Wildman–Crippen LogP) is 1.80. The standard InChI is InChI=1S/C15H20N4O3/c1-7(2)5-11(15(21)22)17-14(20)10-6-8(3)16-13-12(10)9(4)18-19-13/h6-7,11H,5H2,1-4H3,(H,17,20)(H,21,22)(H,16,18,19). The molecule has 118 valence electrons. The van der Waals surface area contributed by atoms with Crippen LogP contribution in [0.25, 0.3) is 11.0 Å². The molecule has 0 radical (unpaired) electrons. The van der Waals surface area contributed by atoms with Crippen molar-refractivity contribution in [2.75, 3.05) is 0 Å². The van der Waals surface area contributed by atoms with Crippen LogP contribution in [0, 0.1) is 19.8 Å². The van der Waals surface area contributed by atoms with Crippen molar-refractivity contribution in [3.05, 3.63) is 23.0 Å². The van der Waals surface area contributed by atoms with E-state index in [4.69, 9.17) is 0 Å². The van der Waals surface area contributed by atoms with Crippen LogP contribution in [0.3, 0.4) is 0 Å². The molecule has 22 heavy (non-hydrogen) atoms. The number of aliphatic carboxylic acids is 1. The van der Waals surface area contributed by atoms with Gasteiger partial charge in [0.05, 0.1) is 10.9 Å². The first-order chi connectivity index (χ1) is 10.3. The van der Waals surface area contributed by atoms with Crippen molar-refractivity contribution in [1.82, 2.24) is 20.5 Å². The van der Waals surface area contributed by atoms with Crippen molar-refractivity contribution < 1.29 is 14.7 Å². The molecule has 0 aliphatic heterocycles. The average Bonchev–Trinajstić information content (AvgIpc) is 2.77. The van der Waals surface area contributed by atoms with E-state index in [0.29, 0.717) is 28.7 Å². The second kappa shape index (κ2) is 6.13. The first kappa shape index (κ1) is 15.9. The van der Waals surface area contributed by atoms with Gasteiger partial charge < -0.3 is 10.4 Å². The average molecular weight is 304 g/mol. The maximum atomic E-state index is 12.5. The number of hydrogen-bond acceptors (Lipinski definition) is 4. The van der Waals surface area contributed by atoms with Crippen molar-refractivity contribution >= 4 is 22.9 Å². The van der Waals surface area contributed by atoms with E-state index in [9.17, 15) is 14.7 Å². The summed E-state index contributed by atoms with van der Waals surface area (Å²) in [6, 6.07) is 0.734. The van der Waals surface area contributed by atoms with Crippen molar-refractivity contribution in [2.24, 2.45) is 5.92 Å². The number of nitrogens with one attached hydrogen (secondary N) is 2. The number of nitrogens with zero attached hydrogens (tertiary/aromatic N) is 2. The maximum Gasteiger partial charge on any atom is 0.326 e. The number of carboxylic acids is 1. The Balaban J connectivity index is 2.36. The van der Waals surface area contributed by atoms with Gasteiger partial charge in [0, 0.05) is 11.4 Å². The van der Waals surface area contributed by atoms with Crippen LogP contribution in [-0.4, -0.2) is 38.2 Å². The van der Waals surface area contributed by atoms with Gasteiger partial charge in [-0.1, -0.05) is 13.8 Å². The third-order valence-electron chi connectivity index (χ3n) is 3.39. The fourth-order valence-electron chi connectivity index (χ4n) is 2.41. The summed E-state index contributed by atoms with van der Waals surface area (Å²) >= 11 is 0. The maximum absolute atomic E-state index is 12.5. The molecule has 0 aromatic carbocycles. The third-order valence-corrected chi connectivity index (χ3v) is 3.39. The molecule has 7 nitrogen and oxygen atoms in total. The van der Waals surface area contributed by atoms with E-state index in [1.165, 1.54) is 0 Å². The van der Waals surface area contributed by atoms with E-state index in [1.807, 2.05) is 13.8 Å². The molecule has 0 saturated heterocycles. The van der Waals surface area contributed by atoms with Crippen molar-refractivity contribution in [1.29, 1.82) is 0 Å². The highest BCUT2D eigenvalue weighted by Gasteiger charge is 2.24. The monoisotopic (exact) mass is 304 g/mol. The minimum absolute atomic E-state index is 0.163. The summed E-state index contributed by atoms with van der Waals surface area (Å²) in [6.07, 6.45) is 0.374. The molecule has 0 aliphatic carbocycles. The van der Waals surface area contributed by atoms with Crippen molar-refractivity contribution in [3.63, 3.8) is 0 Å². The van der Waals surface area contributed by atoms with E-state index in [0.717, 1.165) is 5.69 Å². The summed E-state index contributed by atoms with van der Waals surface area (Å²) in [6.45, 7) is 7.39. The largest absolute Gasteiger partial charge is 0.480 e. The molecule has 0 aliphatic rings. The zero-order valence-electron chi connectivity index (χ0n) is 13.1. The molecule has 2 heterocycles. The van der Waals surface area contributed by atoms with E-state index in [1.54, 1.807) is 19.9 Å². The van der Waals surface area contributed by atoms with Gasteiger partial charge in [-0.25, -0.2) is 9.78 Å². The molecule has 3 N–H and O–H groups in total. The minimum Gasteiger partial charge on any atom is -0.480 e. The van der Waals surface area contributed by atoms with E-state index >= 15 is 0 Å². The summed E-state index contributed by atoms with van der Waals surface area (Å²) in [4.78, 5) is 28.1. The normalized spacial score (nSPS) is 12.6. The number of hydrogen-bond donors (Lipinski definition) is 3. The number of aryl methyl sites for hydroxylation is 2. The fraction of sp³-hybridized carbons (Fsp3) is 0.467. The second-order valence-corrected chi connectivity index (χ2v) is 5.85. The Morgan fingerprint density at radius 2 is 2.05 bits per heavy atom. The molecule has 7 heteroatoms. The van der Waals surface area contributed by atoms with Crippen LogP contribution in [0.15, 0.2) is 6.07 Å². The summed E-state index contributed by atoms with van der Waals surface area (Å²) in [5.41, 5.74) is 2.23. The molecule has 1 unspecified atom stereocenters. The third kappa shape index (κ3) is 3.24. The number of fused-ring (bicyclic) bond motifs is 1. The number of rotatable bonds is 5. The lowest BCUT2D eigenvalue weighted by atomic mass is 10.0. The molecule has 2 aromatic heterocycles. The number of carbonyl (C=O) groups is 2. The second-order valence-electron chi connectivity index (χ2n) is 5.85. The number of carbonyl (C=O) groups excluding carboxylic acids is 1. The highest BCUT2D eigenvalue weighted by molar-refractivity contribution is 6.07. The minimum atomic E-state index is -1.03. The molecule has 2 rings (SSSR count). The van der Waals surface area contributed by atoms with Crippen LogP contribution >= 0.6 is 0 Å². The molecule has 1 amide bonds. The van der Waals surface area contributed by atoms with E-state index in [2.05, 4.69) is 20.5 Å². The van der Waals surface area contributed by atoms with Crippen LogP contribution in [-0.2, 0) is 4.79 Å². The van der Waals surface area contributed by atoms with Gasteiger partial charge in [0.1, 0.15) is 6.04 Å². The number of amides is 1. The van der Waals surface area contributed by atoms with E-state index < -0.39 is 17.9 Å². The molecule has 1 atom stereocenters. The van der Waals surface area contributed by atoms with E-state index in [-0.39, 0.29) is 5.92 Å². The zero-order chi connectivity index (χ0) is 16.4. The summed E-state index contributed by atoms with van der Waals surface area (Å²) in [7, 11) is 0. The van der Waals surface area contributed by atoms with Gasteiger partial charge >= 0.3 is 5.97 Å². The smallest absolute Gasteiger partial charge is 0.326 e. The van der Waals surface area contributed by atoms with Crippen LogP contribution in [0.2, 0.25) is 0 Å². The summed E-state index contributed by atoms with van der Waals surface area (Å²) in [5.74, 6) is -1.29. The van der Waals surface area contributed by atoms with Crippen LogP contribution < -0.4 is 5.32 Å². The summed E-state index contributed by atoms with van der Waals surface area (Å²) in [5, 5.41) is 19.3. The number of aromatic amines is 1. The van der Waals surface area contributed by atoms with Crippen LogP contribution in [0.4, 0.5) is 0 Å². The molecule has 0 spiro atoms. The molecular weight excluding hydrogens is 284 g/mol. The number of pyridine rings is 1. The Morgan fingerprint density at radius 3 is 2.64 bits per heavy atom. The Kier molecular flexibility index (Phi) is 4.44. The van der Waals surface area contributed by atoms with Crippen molar-refractivity contribution in [2.45, 2.75) is 40.2 Å². The van der Waals surface area contributed by atoms with Gasteiger partial charge in [0.2, 0.25) is 0 Å². The quantitative estimate of drug-likeness (QED) is 0.780. The number of H-pyrrole nitrogens is 1. The summed E-state index contributed by atoms with van der Waals surface area (Å²) < 4.78 is 0. The van der Waals surface area contributed by atoms with Gasteiger partial charge in [0.15, 0.2) is 5.65 Å². The SMILES string of the molecule is Cc1cc(C(=O)NC(CC(C)C)C(=O)O)c2c(C)[nH]nc2n1. The lowest BCUT2D eigenvalue weighted by Gasteiger charge is -2.17. The Hall–Kier alpha value is -2.44. The van der Waals surface area contributed by atoms with Gasteiger partial charge in [-0.05, 0) is 32.3 Å². The van der Waals surface area contributed by atoms with Gasteiger partial charge in [-0.15, -0.1) is 0 Å². The molecule has 0 fully saturated rings. The fourth-order valence-corrected chi connectivity index (χ4v) is 2.41. The highest BCUT2D eigenvalue weighted by atomic mass is 16.4. The highest BCUT2D eigenvalue weighted by Crippen LogP contribution is 2.20. The van der Waals surface area contributed by atoms with Gasteiger partial charge in [-0.2, -0.15) is 5.10 Å². The zero-order valence-corrected chi connectivity index (χ0v) is 13.1. The van der Waals surface area contributed by atoms with Gasteiger partial charge in [-0.3, -0.25) is 9.89 Å².